The number of benzene rings is 1. The summed E-state index contributed by atoms with van der Waals surface area (Å²) in [6, 6.07) is 5.08. The van der Waals surface area contributed by atoms with Crippen molar-refractivity contribution in [2.45, 2.75) is 31.7 Å². The minimum Gasteiger partial charge on any atom is -0.365 e. The molecule has 1 aromatic carbocycles. The van der Waals surface area contributed by atoms with Crippen LogP contribution in [0.1, 0.15) is 18.1 Å². The molecule has 122 valence electrons. The Hall–Kier alpha value is -1.44. The number of aryl methyl sites for hydroxylation is 2. The summed E-state index contributed by atoms with van der Waals surface area (Å²) in [7, 11) is -3.48. The van der Waals surface area contributed by atoms with Gasteiger partial charge in [-0.05, 0) is 32.4 Å². The van der Waals surface area contributed by atoms with Gasteiger partial charge in [-0.1, -0.05) is 17.7 Å². The first-order valence-corrected chi connectivity index (χ1v) is 8.89. The van der Waals surface area contributed by atoms with E-state index in [1.54, 1.807) is 13.0 Å². The maximum absolute atomic E-state index is 12.8. The third-order valence-corrected chi connectivity index (χ3v) is 6.41. The van der Waals surface area contributed by atoms with Crippen LogP contribution in [-0.2, 0) is 14.8 Å². The molecule has 0 aromatic heterocycles. The predicted molar refractivity (Wildman–Crippen MR) is 84.0 cm³/mol. The van der Waals surface area contributed by atoms with Gasteiger partial charge < -0.3 is 10.6 Å². The van der Waals surface area contributed by atoms with E-state index in [-0.39, 0.29) is 11.9 Å². The summed E-state index contributed by atoms with van der Waals surface area (Å²) in [6.07, 6.45) is 0. The Morgan fingerprint density at radius 3 is 2.36 bits per heavy atom. The van der Waals surface area contributed by atoms with Crippen molar-refractivity contribution in [3.63, 3.8) is 0 Å². The number of piperazine rings is 1. The van der Waals surface area contributed by atoms with Crippen molar-refractivity contribution >= 4 is 15.9 Å². The summed E-state index contributed by atoms with van der Waals surface area (Å²) >= 11 is 0. The van der Waals surface area contributed by atoms with Crippen molar-refractivity contribution in [2.75, 3.05) is 26.2 Å². The molecule has 0 unspecified atom stereocenters. The van der Waals surface area contributed by atoms with E-state index in [4.69, 9.17) is 5.73 Å². The zero-order valence-corrected chi connectivity index (χ0v) is 14.1. The molecular formula is C15H24N3O3S+. The molecule has 2 rings (SSSR count). The van der Waals surface area contributed by atoms with E-state index in [2.05, 4.69) is 0 Å². The molecule has 1 aliphatic heterocycles. The Morgan fingerprint density at radius 1 is 1.27 bits per heavy atom. The van der Waals surface area contributed by atoms with Crippen LogP contribution in [-0.4, -0.2) is 50.9 Å². The number of carbonyl (C=O) groups is 1. The number of nitrogens with one attached hydrogen (secondary N) is 1. The molecule has 0 aliphatic carbocycles. The summed E-state index contributed by atoms with van der Waals surface area (Å²) in [5.41, 5.74) is 7.13. The van der Waals surface area contributed by atoms with Gasteiger partial charge in [0.15, 0.2) is 6.04 Å². The molecule has 0 bridgehead atoms. The fraction of sp³-hybridized carbons (Fsp3) is 0.533. The van der Waals surface area contributed by atoms with Crippen LogP contribution in [0.2, 0.25) is 0 Å². The Labute approximate surface area is 131 Å². The maximum Gasteiger partial charge on any atom is 0.275 e. The number of hydrogen-bond acceptors (Lipinski definition) is 3. The van der Waals surface area contributed by atoms with Crippen LogP contribution in [0.4, 0.5) is 0 Å². The highest BCUT2D eigenvalue weighted by molar-refractivity contribution is 7.89. The second kappa shape index (κ2) is 6.36. The highest BCUT2D eigenvalue weighted by Gasteiger charge is 2.34. The molecule has 1 heterocycles. The summed E-state index contributed by atoms with van der Waals surface area (Å²) in [6.45, 7) is 7.53. The molecule has 7 heteroatoms. The first-order valence-electron chi connectivity index (χ1n) is 7.45. The van der Waals surface area contributed by atoms with E-state index < -0.39 is 10.0 Å². The van der Waals surface area contributed by atoms with Gasteiger partial charge in [0.1, 0.15) is 0 Å². The van der Waals surface area contributed by atoms with Crippen molar-refractivity contribution in [2.24, 2.45) is 5.73 Å². The Kier molecular flexibility index (Phi) is 4.89. The van der Waals surface area contributed by atoms with Crippen LogP contribution in [0, 0.1) is 13.8 Å². The smallest absolute Gasteiger partial charge is 0.275 e. The van der Waals surface area contributed by atoms with Crippen molar-refractivity contribution in [3.8, 4) is 0 Å². The molecule has 0 spiro atoms. The van der Waals surface area contributed by atoms with Gasteiger partial charge in [-0.15, -0.1) is 0 Å². The number of nitrogens with two attached hydrogens (primary N) is 1. The maximum atomic E-state index is 12.8. The monoisotopic (exact) mass is 326 g/mol. The van der Waals surface area contributed by atoms with Crippen molar-refractivity contribution in [3.05, 3.63) is 29.3 Å². The lowest BCUT2D eigenvalue weighted by Crippen LogP contribution is -3.19. The van der Waals surface area contributed by atoms with E-state index in [1.165, 1.54) is 4.31 Å². The van der Waals surface area contributed by atoms with Gasteiger partial charge in [-0.3, -0.25) is 4.79 Å². The van der Waals surface area contributed by atoms with Crippen molar-refractivity contribution < 1.29 is 18.1 Å². The highest BCUT2D eigenvalue weighted by atomic mass is 32.2. The third kappa shape index (κ3) is 3.31. The SMILES string of the molecule is Cc1ccc(S(=O)(=O)N2CC[NH+]([C@H](C)C(N)=O)CC2)c(C)c1. The molecule has 1 atom stereocenters. The molecule has 1 amide bonds. The lowest BCUT2D eigenvalue weighted by molar-refractivity contribution is -0.917. The van der Waals surface area contributed by atoms with Gasteiger partial charge in [0.2, 0.25) is 10.0 Å². The van der Waals surface area contributed by atoms with Gasteiger partial charge in [-0.25, -0.2) is 8.42 Å². The molecule has 0 radical (unpaired) electrons. The van der Waals surface area contributed by atoms with E-state index in [9.17, 15) is 13.2 Å². The van der Waals surface area contributed by atoms with Crippen LogP contribution in [0.5, 0.6) is 0 Å². The standard InChI is InChI=1S/C15H23N3O3S/c1-11-4-5-14(12(2)10-11)22(20,21)18-8-6-17(7-9-18)13(3)15(16)19/h4-5,10,13H,6-9H2,1-3H3,(H2,16,19)/p+1/t13-/m1/s1. The topological polar surface area (TPSA) is 84.9 Å². The first kappa shape index (κ1) is 16.9. The number of nitrogens with zero attached hydrogens (tertiary/aromatic N) is 1. The highest BCUT2D eigenvalue weighted by Crippen LogP contribution is 2.20. The van der Waals surface area contributed by atoms with Gasteiger partial charge in [0.25, 0.3) is 5.91 Å². The number of rotatable bonds is 4. The van der Waals surface area contributed by atoms with E-state index in [0.717, 1.165) is 16.0 Å². The molecule has 1 fully saturated rings. The number of hydrogen-bond donors (Lipinski definition) is 2. The zero-order valence-electron chi connectivity index (χ0n) is 13.3. The minimum atomic E-state index is -3.48. The van der Waals surface area contributed by atoms with Gasteiger partial charge in [-0.2, -0.15) is 4.31 Å². The molecule has 1 aromatic rings. The van der Waals surface area contributed by atoms with E-state index in [1.807, 2.05) is 26.0 Å². The summed E-state index contributed by atoms with van der Waals surface area (Å²) < 4.78 is 27.0. The average Bonchev–Trinajstić information content (AvgIpc) is 2.46. The lowest BCUT2D eigenvalue weighted by Gasteiger charge is -2.33. The quantitative estimate of drug-likeness (QED) is 0.749. The molecule has 6 nitrogen and oxygen atoms in total. The molecule has 1 saturated heterocycles. The second-order valence-electron chi connectivity index (χ2n) is 5.96. The van der Waals surface area contributed by atoms with E-state index in [0.29, 0.717) is 31.1 Å². The van der Waals surface area contributed by atoms with Crippen LogP contribution in [0.25, 0.3) is 0 Å². The van der Waals surface area contributed by atoms with Crippen LogP contribution < -0.4 is 10.6 Å². The number of sulfonamides is 1. The van der Waals surface area contributed by atoms with Gasteiger partial charge in [0, 0.05) is 0 Å². The van der Waals surface area contributed by atoms with Crippen molar-refractivity contribution in [1.82, 2.24) is 4.31 Å². The molecule has 0 saturated carbocycles. The Balaban J connectivity index is 2.14. The fourth-order valence-electron chi connectivity index (χ4n) is 2.88. The normalized spacial score (nSPS) is 19.0. The second-order valence-corrected chi connectivity index (χ2v) is 7.86. The fourth-order valence-corrected chi connectivity index (χ4v) is 4.52. The summed E-state index contributed by atoms with van der Waals surface area (Å²) in [5, 5.41) is 0. The third-order valence-electron chi connectivity index (χ3n) is 4.35. The average molecular weight is 326 g/mol. The van der Waals surface area contributed by atoms with Crippen LogP contribution in [0.15, 0.2) is 23.1 Å². The zero-order chi connectivity index (χ0) is 16.5. The Morgan fingerprint density at radius 2 is 1.86 bits per heavy atom. The summed E-state index contributed by atoms with van der Waals surface area (Å²) in [4.78, 5) is 12.7. The number of amides is 1. The van der Waals surface area contributed by atoms with Crippen LogP contribution >= 0.6 is 0 Å². The van der Waals surface area contributed by atoms with E-state index >= 15 is 0 Å². The van der Waals surface area contributed by atoms with Gasteiger partial charge >= 0.3 is 0 Å². The van der Waals surface area contributed by atoms with Crippen LogP contribution in [0.3, 0.4) is 0 Å². The number of primary amides is 1. The lowest BCUT2D eigenvalue weighted by atomic mass is 10.2. The molecule has 22 heavy (non-hydrogen) atoms. The molecule has 3 N–H and O–H groups in total. The minimum absolute atomic E-state index is 0.286. The largest absolute Gasteiger partial charge is 0.365 e. The Bertz CT molecular complexity index is 665. The van der Waals surface area contributed by atoms with Gasteiger partial charge in [0.05, 0.1) is 31.1 Å². The molecule has 1 aliphatic rings. The summed E-state index contributed by atoms with van der Waals surface area (Å²) in [5.74, 6) is -0.347. The first-order chi connectivity index (χ1) is 10.2. The molecular weight excluding hydrogens is 302 g/mol. The number of carbonyl (C=O) groups excluding carboxylic acids is 1. The van der Waals surface area contributed by atoms with Crippen molar-refractivity contribution in [1.29, 1.82) is 0 Å². The number of quaternary nitrogens is 1. The predicted octanol–water partition coefficient (Wildman–Crippen LogP) is -0.934.